The van der Waals surface area contributed by atoms with Gasteiger partial charge in [0.25, 0.3) is 0 Å². The number of likely N-dealkylation sites (tertiary alicyclic amines) is 1. The molecule has 118 valence electrons. The zero-order chi connectivity index (χ0) is 15.1. The van der Waals surface area contributed by atoms with Crippen molar-refractivity contribution in [2.45, 2.75) is 33.1 Å². The minimum atomic E-state index is 0.319. The molecule has 1 saturated heterocycles. The molecular formula is C15H28N6. The van der Waals surface area contributed by atoms with Crippen LogP contribution in [0.15, 0.2) is 6.07 Å². The Kier molecular flexibility index (Phi) is 6.04. The van der Waals surface area contributed by atoms with Crippen LogP contribution in [0.25, 0.3) is 0 Å². The van der Waals surface area contributed by atoms with Crippen molar-refractivity contribution in [3.63, 3.8) is 0 Å². The number of piperidine rings is 1. The van der Waals surface area contributed by atoms with Gasteiger partial charge in [0.1, 0.15) is 11.6 Å². The van der Waals surface area contributed by atoms with E-state index in [1.54, 1.807) is 0 Å². The minimum Gasteiger partial charge on any atom is -0.370 e. The highest BCUT2D eigenvalue weighted by atomic mass is 15.1. The highest BCUT2D eigenvalue weighted by Crippen LogP contribution is 2.18. The lowest BCUT2D eigenvalue weighted by atomic mass is 9.97. The average Bonchev–Trinajstić information content (AvgIpc) is 2.51. The Morgan fingerprint density at radius 3 is 2.48 bits per heavy atom. The number of anilines is 3. The van der Waals surface area contributed by atoms with Crippen LogP contribution in [0.4, 0.5) is 17.6 Å². The first-order valence-corrected chi connectivity index (χ1v) is 8.06. The summed E-state index contributed by atoms with van der Waals surface area (Å²) in [5.41, 5.74) is 5.77. The fraction of sp³-hybridized carbons (Fsp3) is 0.733. The van der Waals surface area contributed by atoms with Crippen LogP contribution in [0.5, 0.6) is 0 Å². The number of nitrogen functional groups attached to an aromatic ring is 1. The van der Waals surface area contributed by atoms with Crippen molar-refractivity contribution in [3.05, 3.63) is 6.07 Å². The first-order valence-electron chi connectivity index (χ1n) is 8.06. The van der Waals surface area contributed by atoms with E-state index in [1.165, 1.54) is 25.9 Å². The molecule has 0 atom stereocenters. The van der Waals surface area contributed by atoms with Crippen molar-refractivity contribution in [3.8, 4) is 0 Å². The molecule has 0 amide bonds. The second kappa shape index (κ2) is 8.02. The molecule has 6 heteroatoms. The van der Waals surface area contributed by atoms with Gasteiger partial charge in [-0.2, -0.15) is 9.97 Å². The van der Waals surface area contributed by atoms with E-state index in [4.69, 9.17) is 5.73 Å². The maximum Gasteiger partial charge on any atom is 0.223 e. The number of rotatable bonds is 7. The molecule has 21 heavy (non-hydrogen) atoms. The van der Waals surface area contributed by atoms with Gasteiger partial charge in [-0.1, -0.05) is 13.8 Å². The summed E-state index contributed by atoms with van der Waals surface area (Å²) in [5, 5.41) is 6.66. The molecule has 0 spiro atoms. The molecule has 6 nitrogen and oxygen atoms in total. The largest absolute Gasteiger partial charge is 0.370 e. The topological polar surface area (TPSA) is 79.1 Å². The molecule has 0 radical (unpaired) electrons. The lowest BCUT2D eigenvalue weighted by Gasteiger charge is -2.31. The monoisotopic (exact) mass is 292 g/mol. The molecule has 1 aromatic heterocycles. The molecule has 0 saturated carbocycles. The Labute approximate surface area is 127 Å². The Morgan fingerprint density at radius 1 is 1.19 bits per heavy atom. The van der Waals surface area contributed by atoms with E-state index in [1.807, 2.05) is 6.07 Å². The summed E-state index contributed by atoms with van der Waals surface area (Å²) >= 11 is 0. The summed E-state index contributed by atoms with van der Waals surface area (Å²) in [6.45, 7) is 9.78. The number of hydrogen-bond donors (Lipinski definition) is 3. The third-order valence-corrected chi connectivity index (χ3v) is 4.03. The van der Waals surface area contributed by atoms with Gasteiger partial charge in [0.15, 0.2) is 0 Å². The van der Waals surface area contributed by atoms with Crippen molar-refractivity contribution in [1.82, 2.24) is 14.9 Å². The molecule has 0 aromatic carbocycles. The summed E-state index contributed by atoms with van der Waals surface area (Å²) in [5.74, 6) is 2.65. The Morgan fingerprint density at radius 2 is 1.86 bits per heavy atom. The van der Waals surface area contributed by atoms with Crippen LogP contribution in [0.3, 0.4) is 0 Å². The molecule has 2 rings (SSSR count). The first kappa shape index (κ1) is 15.8. The van der Waals surface area contributed by atoms with Gasteiger partial charge in [-0.05, 0) is 44.8 Å². The number of nitrogens with two attached hydrogens (primary N) is 1. The van der Waals surface area contributed by atoms with Gasteiger partial charge in [0, 0.05) is 19.2 Å². The molecule has 1 aromatic rings. The van der Waals surface area contributed by atoms with E-state index in [2.05, 4.69) is 39.3 Å². The molecule has 0 unspecified atom stereocenters. The molecule has 1 aliphatic rings. The number of hydrogen-bond acceptors (Lipinski definition) is 6. The van der Waals surface area contributed by atoms with Gasteiger partial charge in [0.2, 0.25) is 5.95 Å². The van der Waals surface area contributed by atoms with Crippen LogP contribution in [-0.2, 0) is 0 Å². The quantitative estimate of drug-likeness (QED) is 0.713. The Bertz CT molecular complexity index is 428. The average molecular weight is 292 g/mol. The number of nitrogens with zero attached hydrogens (tertiary/aromatic N) is 3. The molecule has 2 heterocycles. The number of nitrogens with one attached hydrogen (secondary N) is 2. The van der Waals surface area contributed by atoms with Gasteiger partial charge in [-0.3, -0.25) is 0 Å². The van der Waals surface area contributed by atoms with Crippen molar-refractivity contribution in [2.75, 3.05) is 49.1 Å². The SMILES string of the molecule is CCCNc1cc(NCC2CCN(CC)CC2)nc(N)n1. The van der Waals surface area contributed by atoms with Crippen LogP contribution < -0.4 is 16.4 Å². The van der Waals surface area contributed by atoms with Gasteiger partial charge in [-0.15, -0.1) is 0 Å². The van der Waals surface area contributed by atoms with Crippen LogP contribution in [-0.4, -0.2) is 47.6 Å². The van der Waals surface area contributed by atoms with E-state index in [0.29, 0.717) is 5.95 Å². The standard InChI is InChI=1S/C15H28N6/c1-3-7-17-13-10-14(20-15(16)19-13)18-11-12-5-8-21(4-2)9-6-12/h10,12H,3-9,11H2,1-2H3,(H4,16,17,18,19,20). The second-order valence-electron chi connectivity index (χ2n) is 5.68. The fourth-order valence-electron chi connectivity index (χ4n) is 2.66. The minimum absolute atomic E-state index is 0.319. The zero-order valence-electron chi connectivity index (χ0n) is 13.2. The first-order chi connectivity index (χ1) is 10.2. The summed E-state index contributed by atoms with van der Waals surface area (Å²) < 4.78 is 0. The lowest BCUT2D eigenvalue weighted by Crippen LogP contribution is -2.35. The Hall–Kier alpha value is -1.56. The number of aromatic nitrogens is 2. The molecule has 0 bridgehead atoms. The smallest absolute Gasteiger partial charge is 0.223 e. The normalized spacial score (nSPS) is 16.9. The van der Waals surface area contributed by atoms with Crippen molar-refractivity contribution in [2.24, 2.45) is 5.92 Å². The van der Waals surface area contributed by atoms with Gasteiger partial charge in [0.05, 0.1) is 0 Å². The van der Waals surface area contributed by atoms with Crippen LogP contribution in [0.1, 0.15) is 33.1 Å². The fourth-order valence-corrected chi connectivity index (χ4v) is 2.66. The summed E-state index contributed by atoms with van der Waals surface area (Å²) in [6, 6.07) is 1.94. The van der Waals surface area contributed by atoms with Gasteiger partial charge in [-0.25, -0.2) is 0 Å². The predicted octanol–water partition coefficient (Wildman–Crippen LogP) is 2.02. The van der Waals surface area contributed by atoms with Gasteiger partial charge < -0.3 is 21.3 Å². The van der Waals surface area contributed by atoms with E-state index in [-0.39, 0.29) is 0 Å². The summed E-state index contributed by atoms with van der Waals surface area (Å²) in [7, 11) is 0. The maximum atomic E-state index is 5.77. The molecule has 0 aliphatic carbocycles. The van der Waals surface area contributed by atoms with Crippen LogP contribution in [0, 0.1) is 5.92 Å². The third kappa shape index (κ3) is 5.04. The van der Waals surface area contributed by atoms with E-state index < -0.39 is 0 Å². The molecule has 4 N–H and O–H groups in total. The highest BCUT2D eigenvalue weighted by Gasteiger charge is 2.17. The van der Waals surface area contributed by atoms with Crippen molar-refractivity contribution in [1.29, 1.82) is 0 Å². The second-order valence-corrected chi connectivity index (χ2v) is 5.68. The molecule has 1 aliphatic heterocycles. The third-order valence-electron chi connectivity index (χ3n) is 4.03. The molecular weight excluding hydrogens is 264 g/mol. The summed E-state index contributed by atoms with van der Waals surface area (Å²) in [4.78, 5) is 11.0. The van der Waals surface area contributed by atoms with Crippen LogP contribution in [0.2, 0.25) is 0 Å². The van der Waals surface area contributed by atoms with E-state index in [0.717, 1.165) is 43.6 Å². The highest BCUT2D eigenvalue weighted by molar-refractivity contribution is 5.50. The maximum absolute atomic E-state index is 5.77. The van der Waals surface area contributed by atoms with Crippen molar-refractivity contribution >= 4 is 17.6 Å². The van der Waals surface area contributed by atoms with Crippen molar-refractivity contribution < 1.29 is 0 Å². The predicted molar refractivity (Wildman–Crippen MR) is 88.6 cm³/mol. The van der Waals surface area contributed by atoms with E-state index in [9.17, 15) is 0 Å². The van der Waals surface area contributed by atoms with E-state index >= 15 is 0 Å². The molecule has 1 fully saturated rings. The van der Waals surface area contributed by atoms with Gasteiger partial charge >= 0.3 is 0 Å². The Balaban J connectivity index is 1.84. The summed E-state index contributed by atoms with van der Waals surface area (Å²) in [6.07, 6.45) is 3.56. The zero-order valence-corrected chi connectivity index (χ0v) is 13.2. The van der Waals surface area contributed by atoms with Crippen LogP contribution >= 0.6 is 0 Å². The lowest BCUT2D eigenvalue weighted by molar-refractivity contribution is 0.198.